The molecule has 1 spiro atoms. The van der Waals surface area contributed by atoms with E-state index < -0.39 is 11.5 Å². The van der Waals surface area contributed by atoms with Crippen LogP contribution < -0.4 is 0 Å². The Morgan fingerprint density at radius 2 is 1.78 bits per heavy atom. The molecule has 0 aliphatic heterocycles. The number of hydrogen-bond donors (Lipinski definition) is 1. The van der Waals surface area contributed by atoms with Crippen molar-refractivity contribution in [2.45, 2.75) is 65.9 Å². The summed E-state index contributed by atoms with van der Waals surface area (Å²) in [6, 6.07) is 0. The van der Waals surface area contributed by atoms with Crippen molar-refractivity contribution in [2.75, 3.05) is 0 Å². The van der Waals surface area contributed by atoms with Gasteiger partial charge in [-0.25, -0.2) is 0 Å². The molecule has 4 aliphatic rings. The summed E-state index contributed by atoms with van der Waals surface area (Å²) in [5, 5.41) is 10.4. The molecule has 0 heterocycles. The first-order valence-electron chi connectivity index (χ1n) is 9.00. The van der Waals surface area contributed by atoms with Crippen LogP contribution >= 0.6 is 0 Å². The van der Waals surface area contributed by atoms with E-state index >= 15 is 0 Å². The fraction of sp³-hybridized carbons (Fsp3) is 0.800. The fourth-order valence-electron chi connectivity index (χ4n) is 6.97. The minimum atomic E-state index is -0.863. The van der Waals surface area contributed by atoms with Crippen LogP contribution in [0.25, 0.3) is 0 Å². The first-order valence-corrected chi connectivity index (χ1v) is 9.00. The number of hydrogen-bond acceptors (Lipinski definition) is 3. The molecule has 0 amide bonds. The SMILES string of the molecule is CC1(C)[C@@H](O)C(=O)C[C@]2(C)[C@H]1CC[C@]13C=C[C@](C)(C1)C(=O)C[C@@H]32. The van der Waals surface area contributed by atoms with Gasteiger partial charge in [0.25, 0.3) is 0 Å². The van der Waals surface area contributed by atoms with Gasteiger partial charge < -0.3 is 5.11 Å². The summed E-state index contributed by atoms with van der Waals surface area (Å²) < 4.78 is 0. The first-order chi connectivity index (χ1) is 10.6. The lowest BCUT2D eigenvalue weighted by molar-refractivity contribution is -0.185. The molecule has 23 heavy (non-hydrogen) atoms. The lowest BCUT2D eigenvalue weighted by Crippen LogP contribution is -2.63. The van der Waals surface area contributed by atoms with E-state index in [0.717, 1.165) is 19.3 Å². The maximum Gasteiger partial charge on any atom is 0.162 e. The van der Waals surface area contributed by atoms with Crippen LogP contribution in [0, 0.1) is 33.5 Å². The molecule has 0 aromatic rings. The molecule has 3 nitrogen and oxygen atoms in total. The van der Waals surface area contributed by atoms with Crippen LogP contribution in [0.3, 0.4) is 0 Å². The minimum absolute atomic E-state index is 0.0337. The van der Waals surface area contributed by atoms with Crippen LogP contribution in [-0.2, 0) is 9.59 Å². The summed E-state index contributed by atoms with van der Waals surface area (Å²) in [7, 11) is 0. The maximum absolute atomic E-state index is 12.8. The highest BCUT2D eigenvalue weighted by molar-refractivity contribution is 5.90. The molecule has 0 saturated heterocycles. The third-order valence-electron chi connectivity index (χ3n) is 8.15. The lowest BCUT2D eigenvalue weighted by atomic mass is 9.40. The molecule has 0 aromatic heterocycles. The minimum Gasteiger partial charge on any atom is -0.385 e. The number of carbonyl (C=O) groups excluding carboxylic acids is 2. The van der Waals surface area contributed by atoms with Crippen molar-refractivity contribution < 1.29 is 14.7 Å². The van der Waals surface area contributed by atoms with Crippen LogP contribution in [0.2, 0.25) is 0 Å². The van der Waals surface area contributed by atoms with Crippen molar-refractivity contribution in [1.29, 1.82) is 0 Å². The summed E-state index contributed by atoms with van der Waals surface area (Å²) in [5.74, 6) is 0.840. The van der Waals surface area contributed by atoms with Crippen molar-refractivity contribution in [3.05, 3.63) is 12.2 Å². The van der Waals surface area contributed by atoms with Crippen LogP contribution in [-0.4, -0.2) is 22.8 Å². The Labute approximate surface area is 138 Å². The van der Waals surface area contributed by atoms with E-state index in [2.05, 4.69) is 26.0 Å². The second-order valence-electron chi connectivity index (χ2n) is 9.80. The molecule has 3 heteroatoms. The molecule has 0 aromatic carbocycles. The number of allylic oxidation sites excluding steroid dienone is 2. The number of fused-ring (bicyclic) bond motifs is 3. The quantitative estimate of drug-likeness (QED) is 0.698. The molecular weight excluding hydrogens is 288 g/mol. The Balaban J connectivity index is 1.81. The van der Waals surface area contributed by atoms with Gasteiger partial charge in [0.1, 0.15) is 11.9 Å². The highest BCUT2D eigenvalue weighted by Gasteiger charge is 2.67. The Morgan fingerprint density at radius 3 is 2.48 bits per heavy atom. The van der Waals surface area contributed by atoms with Crippen molar-refractivity contribution in [3.63, 3.8) is 0 Å². The lowest BCUT2D eigenvalue weighted by Gasteiger charge is -2.64. The smallest absolute Gasteiger partial charge is 0.162 e. The van der Waals surface area contributed by atoms with E-state index in [-0.39, 0.29) is 27.9 Å². The predicted octanol–water partition coefficient (Wildman–Crippen LogP) is 3.30. The van der Waals surface area contributed by atoms with Crippen molar-refractivity contribution >= 4 is 11.6 Å². The highest BCUT2D eigenvalue weighted by Crippen LogP contribution is 2.70. The number of rotatable bonds is 0. The summed E-state index contributed by atoms with van der Waals surface area (Å²) in [6.07, 6.45) is 7.65. The number of aliphatic hydroxyl groups is 1. The maximum atomic E-state index is 12.8. The summed E-state index contributed by atoms with van der Waals surface area (Å²) in [6.45, 7) is 8.37. The standard InChI is InChI=1S/C20H28O3/c1-17(2)13-5-6-20-8-7-18(3,11-20)15(22)9-14(20)19(13,4)10-12(21)16(17)23/h7-8,13-14,16,23H,5-6,9-11H2,1-4H3/t13-,14+,16-,18+,19+,20-/m0/s1. The Hall–Kier alpha value is -0.960. The average molecular weight is 316 g/mol. The van der Waals surface area contributed by atoms with Crippen molar-refractivity contribution in [2.24, 2.45) is 33.5 Å². The summed E-state index contributed by atoms with van der Waals surface area (Å²) in [5.41, 5.74) is -0.776. The van der Waals surface area contributed by atoms with Gasteiger partial charge in [-0.3, -0.25) is 9.59 Å². The molecule has 1 N–H and O–H groups in total. The van der Waals surface area contributed by atoms with E-state index in [1.807, 2.05) is 13.8 Å². The normalized spacial score (nSPS) is 53.9. The largest absolute Gasteiger partial charge is 0.385 e. The third-order valence-corrected chi connectivity index (χ3v) is 8.15. The highest BCUT2D eigenvalue weighted by atomic mass is 16.3. The van der Waals surface area contributed by atoms with Crippen molar-refractivity contribution in [1.82, 2.24) is 0 Å². The van der Waals surface area contributed by atoms with Crippen LogP contribution in [0.4, 0.5) is 0 Å². The Kier molecular flexibility index (Phi) is 2.82. The molecule has 2 bridgehead atoms. The number of carbonyl (C=O) groups is 2. The molecule has 4 aliphatic carbocycles. The second-order valence-corrected chi connectivity index (χ2v) is 9.80. The Morgan fingerprint density at radius 1 is 1.09 bits per heavy atom. The zero-order chi connectivity index (χ0) is 16.8. The van der Waals surface area contributed by atoms with Gasteiger partial charge in [-0.05, 0) is 48.9 Å². The second kappa shape index (κ2) is 4.17. The van der Waals surface area contributed by atoms with Gasteiger partial charge >= 0.3 is 0 Å². The number of aliphatic hydroxyl groups excluding tert-OH is 1. The molecule has 0 unspecified atom stereocenters. The average Bonchev–Trinajstić information content (AvgIpc) is 2.75. The van der Waals surface area contributed by atoms with E-state index in [4.69, 9.17) is 0 Å². The van der Waals surface area contributed by atoms with Gasteiger partial charge in [-0.2, -0.15) is 0 Å². The van der Waals surface area contributed by atoms with Crippen LogP contribution in [0.15, 0.2) is 12.2 Å². The third kappa shape index (κ3) is 1.70. The van der Waals surface area contributed by atoms with Crippen LogP contribution in [0.1, 0.15) is 59.8 Å². The molecular formula is C20H28O3. The zero-order valence-electron chi connectivity index (χ0n) is 14.7. The van der Waals surface area contributed by atoms with Gasteiger partial charge in [0.2, 0.25) is 0 Å². The molecule has 6 atom stereocenters. The van der Waals surface area contributed by atoms with E-state index in [1.165, 1.54) is 0 Å². The van der Waals surface area contributed by atoms with Crippen molar-refractivity contribution in [3.8, 4) is 0 Å². The number of Topliss-reactive ketones (excluding diaryl/α,β-unsaturated/α-hetero) is 2. The summed E-state index contributed by atoms with van der Waals surface area (Å²) in [4.78, 5) is 25.3. The van der Waals surface area contributed by atoms with Gasteiger partial charge in [-0.15, -0.1) is 0 Å². The van der Waals surface area contributed by atoms with E-state index in [9.17, 15) is 14.7 Å². The monoisotopic (exact) mass is 316 g/mol. The first kappa shape index (κ1) is 15.6. The Bertz CT molecular complexity index is 633. The number of ketones is 2. The fourth-order valence-corrected chi connectivity index (χ4v) is 6.97. The van der Waals surface area contributed by atoms with Gasteiger partial charge in [0.15, 0.2) is 5.78 Å². The van der Waals surface area contributed by atoms with Gasteiger partial charge in [0.05, 0.1) is 0 Å². The van der Waals surface area contributed by atoms with E-state index in [0.29, 0.717) is 24.5 Å². The van der Waals surface area contributed by atoms with Gasteiger partial charge in [-0.1, -0.05) is 32.9 Å². The van der Waals surface area contributed by atoms with E-state index in [1.54, 1.807) is 0 Å². The molecule has 3 fully saturated rings. The van der Waals surface area contributed by atoms with Gasteiger partial charge in [0, 0.05) is 23.7 Å². The summed E-state index contributed by atoms with van der Waals surface area (Å²) >= 11 is 0. The zero-order valence-corrected chi connectivity index (χ0v) is 14.7. The predicted molar refractivity (Wildman–Crippen MR) is 87.7 cm³/mol. The molecule has 126 valence electrons. The molecule has 3 saturated carbocycles. The molecule has 4 rings (SSSR count). The van der Waals surface area contributed by atoms with Crippen LogP contribution in [0.5, 0.6) is 0 Å². The molecule has 0 radical (unpaired) electrons. The topological polar surface area (TPSA) is 54.4 Å².